The molecule has 0 spiro atoms. The van der Waals surface area contributed by atoms with Crippen LogP contribution in [0.5, 0.6) is 5.75 Å². The summed E-state index contributed by atoms with van der Waals surface area (Å²) in [5.74, 6) is 1.52. The fourth-order valence-corrected chi connectivity index (χ4v) is 1.97. The lowest BCUT2D eigenvalue weighted by atomic mass is 9.90. The summed E-state index contributed by atoms with van der Waals surface area (Å²) >= 11 is 0. The second kappa shape index (κ2) is 3.62. The number of hydrogen-bond donors (Lipinski definition) is 1. The van der Waals surface area contributed by atoms with Crippen molar-refractivity contribution in [3.63, 3.8) is 0 Å². The van der Waals surface area contributed by atoms with Gasteiger partial charge in [0.1, 0.15) is 5.75 Å². The minimum absolute atomic E-state index is 0.484. The lowest BCUT2D eigenvalue weighted by molar-refractivity contribution is 0.268. The minimum Gasteiger partial charge on any atom is -0.493 e. The predicted octanol–water partition coefficient (Wildman–Crippen LogP) is 2.13. The Morgan fingerprint density at radius 1 is 1.36 bits per heavy atom. The van der Waals surface area contributed by atoms with E-state index in [-0.39, 0.29) is 0 Å². The molecule has 0 amide bonds. The van der Waals surface area contributed by atoms with Gasteiger partial charge in [-0.2, -0.15) is 0 Å². The van der Waals surface area contributed by atoms with Crippen LogP contribution in [0.25, 0.3) is 0 Å². The smallest absolute Gasteiger partial charge is 0.123 e. The molecule has 0 fully saturated rings. The van der Waals surface area contributed by atoms with Crippen molar-refractivity contribution in [1.29, 1.82) is 0 Å². The van der Waals surface area contributed by atoms with Crippen LogP contribution in [-0.4, -0.2) is 13.2 Å². The molecule has 0 aromatic heterocycles. The fraction of sp³-hybridized carbons (Fsp3) is 0.500. The van der Waals surface area contributed by atoms with E-state index in [2.05, 4.69) is 26.0 Å². The number of hydrogen-bond acceptors (Lipinski definition) is 2. The van der Waals surface area contributed by atoms with E-state index in [1.165, 1.54) is 16.7 Å². The van der Waals surface area contributed by atoms with Gasteiger partial charge in [-0.1, -0.05) is 6.07 Å². The van der Waals surface area contributed by atoms with Crippen LogP contribution in [0.15, 0.2) is 12.1 Å². The summed E-state index contributed by atoms with van der Waals surface area (Å²) in [7, 11) is 0. The average Bonchev–Trinajstić information content (AvgIpc) is 2.19. The molecule has 76 valence electrons. The van der Waals surface area contributed by atoms with Crippen molar-refractivity contribution >= 4 is 0 Å². The van der Waals surface area contributed by atoms with E-state index in [1.54, 1.807) is 0 Å². The van der Waals surface area contributed by atoms with Crippen LogP contribution in [0, 0.1) is 13.8 Å². The highest BCUT2D eigenvalue weighted by molar-refractivity contribution is 5.44. The van der Waals surface area contributed by atoms with Crippen molar-refractivity contribution in [2.75, 3.05) is 13.2 Å². The highest BCUT2D eigenvalue weighted by Crippen LogP contribution is 2.34. The summed E-state index contributed by atoms with van der Waals surface area (Å²) in [4.78, 5) is 0. The normalized spacial score (nSPS) is 20.1. The Bertz CT molecular complexity index is 346. The third-order valence-electron chi connectivity index (χ3n) is 3.07. The first-order chi connectivity index (χ1) is 6.72. The molecule has 1 aromatic rings. The molecule has 14 heavy (non-hydrogen) atoms. The first-order valence-corrected chi connectivity index (χ1v) is 5.16. The molecule has 1 unspecified atom stereocenters. The van der Waals surface area contributed by atoms with Crippen LogP contribution in [0.1, 0.15) is 29.0 Å². The molecule has 1 aliphatic heterocycles. The van der Waals surface area contributed by atoms with Crippen molar-refractivity contribution in [3.8, 4) is 5.75 Å². The monoisotopic (exact) mass is 191 g/mol. The van der Waals surface area contributed by atoms with E-state index >= 15 is 0 Å². The lowest BCUT2D eigenvalue weighted by Gasteiger charge is -2.25. The van der Waals surface area contributed by atoms with Gasteiger partial charge in [-0.3, -0.25) is 0 Å². The van der Waals surface area contributed by atoms with Gasteiger partial charge in [-0.25, -0.2) is 0 Å². The van der Waals surface area contributed by atoms with E-state index in [0.717, 1.165) is 25.3 Å². The number of benzene rings is 1. The number of ether oxygens (including phenoxy) is 1. The zero-order valence-electron chi connectivity index (χ0n) is 8.84. The fourth-order valence-electron chi connectivity index (χ4n) is 1.97. The van der Waals surface area contributed by atoms with Crippen LogP contribution < -0.4 is 10.5 Å². The zero-order chi connectivity index (χ0) is 10.1. The maximum atomic E-state index is 5.75. The third kappa shape index (κ3) is 1.50. The molecule has 1 aromatic carbocycles. The highest BCUT2D eigenvalue weighted by atomic mass is 16.5. The third-order valence-corrected chi connectivity index (χ3v) is 3.07. The zero-order valence-corrected chi connectivity index (χ0v) is 8.84. The summed E-state index contributed by atoms with van der Waals surface area (Å²) in [6.07, 6.45) is 1.05. The van der Waals surface area contributed by atoms with Gasteiger partial charge in [0, 0.05) is 5.92 Å². The van der Waals surface area contributed by atoms with Crippen LogP contribution in [0.2, 0.25) is 0 Å². The van der Waals surface area contributed by atoms with Gasteiger partial charge in [0.05, 0.1) is 6.61 Å². The standard InChI is InChI=1S/C12H17NO/c1-8-5-11-10(7-13)3-4-14-12(11)6-9(8)2/h5-6,10H,3-4,7,13H2,1-2H3. The maximum Gasteiger partial charge on any atom is 0.123 e. The molecule has 1 aliphatic rings. The second-order valence-electron chi connectivity index (χ2n) is 4.04. The molecular formula is C12H17NO. The van der Waals surface area contributed by atoms with Crippen molar-refractivity contribution in [1.82, 2.24) is 0 Å². The molecular weight excluding hydrogens is 174 g/mol. The Hall–Kier alpha value is -1.02. The summed E-state index contributed by atoms with van der Waals surface area (Å²) in [6, 6.07) is 4.36. The van der Waals surface area contributed by atoms with Gasteiger partial charge in [0.25, 0.3) is 0 Å². The Labute approximate surface area is 85.1 Å². The van der Waals surface area contributed by atoms with Crippen molar-refractivity contribution in [2.24, 2.45) is 5.73 Å². The van der Waals surface area contributed by atoms with Gasteiger partial charge in [-0.05, 0) is 49.6 Å². The molecule has 0 aliphatic carbocycles. The van der Waals surface area contributed by atoms with Gasteiger partial charge in [-0.15, -0.1) is 0 Å². The van der Waals surface area contributed by atoms with Crippen LogP contribution in [0.4, 0.5) is 0 Å². The number of rotatable bonds is 1. The summed E-state index contributed by atoms with van der Waals surface area (Å²) < 4.78 is 5.64. The van der Waals surface area contributed by atoms with Gasteiger partial charge < -0.3 is 10.5 Å². The van der Waals surface area contributed by atoms with Crippen molar-refractivity contribution < 1.29 is 4.74 Å². The average molecular weight is 191 g/mol. The molecule has 2 nitrogen and oxygen atoms in total. The number of fused-ring (bicyclic) bond motifs is 1. The van der Waals surface area contributed by atoms with E-state index in [1.807, 2.05) is 0 Å². The summed E-state index contributed by atoms with van der Waals surface area (Å²) in [6.45, 7) is 5.78. The first-order valence-electron chi connectivity index (χ1n) is 5.16. The SMILES string of the molecule is Cc1cc2c(cc1C)C(CN)CCO2. The predicted molar refractivity (Wildman–Crippen MR) is 57.8 cm³/mol. The minimum atomic E-state index is 0.484. The van der Waals surface area contributed by atoms with E-state index < -0.39 is 0 Å². The molecule has 1 atom stereocenters. The van der Waals surface area contributed by atoms with Gasteiger partial charge in [0.15, 0.2) is 0 Å². The number of nitrogens with two attached hydrogens (primary N) is 1. The molecule has 0 radical (unpaired) electrons. The Morgan fingerprint density at radius 2 is 2.07 bits per heavy atom. The molecule has 0 bridgehead atoms. The topological polar surface area (TPSA) is 35.2 Å². The van der Waals surface area contributed by atoms with E-state index in [4.69, 9.17) is 10.5 Å². The van der Waals surface area contributed by atoms with Gasteiger partial charge in [0.2, 0.25) is 0 Å². The first kappa shape index (κ1) is 9.53. The quantitative estimate of drug-likeness (QED) is 0.738. The Morgan fingerprint density at radius 3 is 2.79 bits per heavy atom. The van der Waals surface area contributed by atoms with E-state index in [0.29, 0.717) is 5.92 Å². The van der Waals surface area contributed by atoms with Crippen LogP contribution in [0.3, 0.4) is 0 Å². The molecule has 0 saturated heterocycles. The van der Waals surface area contributed by atoms with Crippen molar-refractivity contribution in [3.05, 3.63) is 28.8 Å². The van der Waals surface area contributed by atoms with Crippen LogP contribution in [-0.2, 0) is 0 Å². The molecule has 2 heteroatoms. The van der Waals surface area contributed by atoms with E-state index in [9.17, 15) is 0 Å². The largest absolute Gasteiger partial charge is 0.493 e. The van der Waals surface area contributed by atoms with Gasteiger partial charge >= 0.3 is 0 Å². The van der Waals surface area contributed by atoms with Crippen molar-refractivity contribution in [2.45, 2.75) is 26.2 Å². The summed E-state index contributed by atoms with van der Waals surface area (Å²) in [5.41, 5.74) is 9.66. The molecule has 2 N–H and O–H groups in total. The lowest BCUT2D eigenvalue weighted by Crippen LogP contribution is -2.21. The highest BCUT2D eigenvalue weighted by Gasteiger charge is 2.20. The molecule has 0 saturated carbocycles. The number of aryl methyl sites for hydroxylation is 2. The van der Waals surface area contributed by atoms with Crippen LogP contribution >= 0.6 is 0 Å². The molecule has 1 heterocycles. The maximum absolute atomic E-state index is 5.75. The summed E-state index contributed by atoms with van der Waals surface area (Å²) in [5, 5.41) is 0. The molecule has 2 rings (SSSR count). The Balaban J connectivity index is 2.47. The Kier molecular flexibility index (Phi) is 2.46. The second-order valence-corrected chi connectivity index (χ2v) is 4.04.